The Balaban J connectivity index is 2.46. The molecule has 0 saturated heterocycles. The first kappa shape index (κ1) is 13.7. The van der Waals surface area contributed by atoms with Crippen LogP contribution in [0.1, 0.15) is 6.92 Å². The Kier molecular flexibility index (Phi) is 3.70. The third kappa shape index (κ3) is 3.01. The van der Waals surface area contributed by atoms with Crippen molar-refractivity contribution in [2.24, 2.45) is 0 Å². The lowest BCUT2D eigenvalue weighted by Crippen LogP contribution is -2.34. The van der Waals surface area contributed by atoms with Gasteiger partial charge in [-0.05, 0) is 31.2 Å². The predicted molar refractivity (Wildman–Crippen MR) is 69.4 cm³/mol. The molecule has 1 heterocycles. The van der Waals surface area contributed by atoms with Gasteiger partial charge < -0.3 is 9.52 Å². The summed E-state index contributed by atoms with van der Waals surface area (Å²) in [5.74, 6) is 0. The Hall–Kier alpha value is -1.70. The van der Waals surface area contributed by atoms with Crippen molar-refractivity contribution >= 4 is 21.0 Å². The molecular weight excluding hydrogens is 270 g/mol. The van der Waals surface area contributed by atoms with E-state index in [2.05, 4.69) is 4.72 Å². The average molecular weight is 283 g/mol. The molecule has 0 spiro atoms. The summed E-state index contributed by atoms with van der Waals surface area (Å²) in [5.41, 5.74) is -0.170. The molecule has 6 nitrogen and oxygen atoms in total. The van der Waals surface area contributed by atoms with E-state index >= 15 is 0 Å². The van der Waals surface area contributed by atoms with Gasteiger partial charge in [-0.2, -0.15) is 0 Å². The molecule has 0 fully saturated rings. The number of benzene rings is 1. The topological polar surface area (TPSA) is 96.6 Å². The Morgan fingerprint density at radius 3 is 2.74 bits per heavy atom. The van der Waals surface area contributed by atoms with Gasteiger partial charge in [-0.25, -0.2) is 17.9 Å². The first-order valence-corrected chi connectivity index (χ1v) is 7.08. The molecule has 1 atom stereocenters. The first-order valence-electron chi connectivity index (χ1n) is 5.59. The summed E-state index contributed by atoms with van der Waals surface area (Å²) in [6, 6.07) is 6.32. The van der Waals surface area contributed by atoms with E-state index < -0.39 is 21.7 Å². The van der Waals surface area contributed by atoms with Crippen LogP contribution in [-0.2, 0) is 10.0 Å². The van der Waals surface area contributed by atoms with Crippen molar-refractivity contribution in [3.05, 3.63) is 40.8 Å². The van der Waals surface area contributed by atoms with Crippen LogP contribution in [0.4, 0.5) is 0 Å². The van der Waals surface area contributed by atoms with Gasteiger partial charge in [0.05, 0.1) is 11.5 Å². The van der Waals surface area contributed by atoms with Crippen molar-refractivity contribution in [2.75, 3.05) is 6.61 Å². The van der Waals surface area contributed by atoms with E-state index in [-0.39, 0.29) is 11.5 Å². The summed E-state index contributed by atoms with van der Waals surface area (Å²) >= 11 is 0. The Morgan fingerprint density at radius 2 is 2.05 bits per heavy atom. The molecule has 0 saturated carbocycles. The molecule has 2 rings (SSSR count). The minimum Gasteiger partial charge on any atom is -0.423 e. The van der Waals surface area contributed by atoms with Gasteiger partial charge in [0.1, 0.15) is 5.58 Å². The molecule has 2 N–H and O–H groups in total. The highest BCUT2D eigenvalue weighted by Gasteiger charge is 2.17. The summed E-state index contributed by atoms with van der Waals surface area (Å²) in [6.07, 6.45) is 0. The van der Waals surface area contributed by atoms with Crippen LogP contribution in [0.3, 0.4) is 0 Å². The molecule has 0 amide bonds. The Labute approximate surface area is 109 Å². The van der Waals surface area contributed by atoms with Gasteiger partial charge in [0.25, 0.3) is 0 Å². The molecule has 0 unspecified atom stereocenters. The molecule has 1 aromatic carbocycles. The fourth-order valence-electron chi connectivity index (χ4n) is 1.59. The maximum Gasteiger partial charge on any atom is 0.336 e. The van der Waals surface area contributed by atoms with Crippen molar-refractivity contribution in [3.8, 4) is 0 Å². The molecule has 0 aliphatic carbocycles. The number of hydrogen-bond acceptors (Lipinski definition) is 5. The maximum absolute atomic E-state index is 12.0. The van der Waals surface area contributed by atoms with Crippen LogP contribution in [0.5, 0.6) is 0 Å². The molecule has 2 aromatic rings. The van der Waals surface area contributed by atoms with E-state index in [1.165, 1.54) is 30.3 Å². The van der Waals surface area contributed by atoms with Gasteiger partial charge in [0.2, 0.25) is 10.0 Å². The summed E-state index contributed by atoms with van der Waals surface area (Å²) in [4.78, 5) is 11.1. The van der Waals surface area contributed by atoms with E-state index in [0.29, 0.717) is 11.0 Å². The van der Waals surface area contributed by atoms with Gasteiger partial charge in [0, 0.05) is 17.5 Å². The fraction of sp³-hybridized carbons (Fsp3) is 0.250. The number of fused-ring (bicyclic) bond motifs is 1. The van der Waals surface area contributed by atoms with Crippen molar-refractivity contribution in [1.29, 1.82) is 0 Å². The minimum absolute atomic E-state index is 0.0501. The number of aliphatic hydroxyl groups is 1. The second kappa shape index (κ2) is 5.12. The second-order valence-corrected chi connectivity index (χ2v) is 5.87. The SMILES string of the molecule is C[C@H](CO)NS(=O)(=O)c1ccc2oc(=O)ccc2c1. The molecule has 0 aliphatic heterocycles. The van der Waals surface area contributed by atoms with Crippen molar-refractivity contribution in [1.82, 2.24) is 4.72 Å². The molecule has 102 valence electrons. The van der Waals surface area contributed by atoms with Gasteiger partial charge in [-0.1, -0.05) is 0 Å². The van der Waals surface area contributed by atoms with Crippen LogP contribution < -0.4 is 10.3 Å². The third-order valence-corrected chi connectivity index (χ3v) is 4.12. The van der Waals surface area contributed by atoms with Gasteiger partial charge in [-0.3, -0.25) is 0 Å². The Morgan fingerprint density at radius 1 is 1.32 bits per heavy atom. The van der Waals surface area contributed by atoms with E-state index in [9.17, 15) is 13.2 Å². The van der Waals surface area contributed by atoms with Crippen LogP contribution in [0.15, 0.2) is 44.4 Å². The predicted octanol–water partition coefficient (Wildman–Crippen LogP) is 0.452. The fourth-order valence-corrected chi connectivity index (χ4v) is 2.86. The highest BCUT2D eigenvalue weighted by atomic mass is 32.2. The summed E-state index contributed by atoms with van der Waals surface area (Å²) in [5, 5.41) is 9.38. The molecule has 7 heteroatoms. The Bertz CT molecular complexity index is 750. The zero-order chi connectivity index (χ0) is 14.0. The van der Waals surface area contributed by atoms with Crippen molar-refractivity contribution < 1.29 is 17.9 Å². The summed E-state index contributed by atoms with van der Waals surface area (Å²) < 4.78 is 31.2. The van der Waals surface area contributed by atoms with Gasteiger partial charge >= 0.3 is 5.63 Å². The van der Waals surface area contributed by atoms with Crippen molar-refractivity contribution in [3.63, 3.8) is 0 Å². The van der Waals surface area contributed by atoms with E-state index in [4.69, 9.17) is 9.52 Å². The van der Waals surface area contributed by atoms with E-state index in [0.717, 1.165) is 0 Å². The molecule has 1 aromatic heterocycles. The van der Waals surface area contributed by atoms with Gasteiger partial charge in [0.15, 0.2) is 0 Å². The van der Waals surface area contributed by atoms with Crippen LogP contribution in [0, 0.1) is 0 Å². The van der Waals surface area contributed by atoms with Gasteiger partial charge in [-0.15, -0.1) is 0 Å². The molecular formula is C12H13NO5S. The lowest BCUT2D eigenvalue weighted by atomic mass is 10.2. The number of nitrogens with one attached hydrogen (secondary N) is 1. The summed E-state index contributed by atoms with van der Waals surface area (Å²) in [6.45, 7) is 1.26. The molecule has 19 heavy (non-hydrogen) atoms. The standard InChI is InChI=1S/C12H13NO5S/c1-8(7-14)13-19(16,17)10-3-4-11-9(6-10)2-5-12(15)18-11/h2-6,8,13-14H,7H2,1H3/t8-/m1/s1. The number of aliphatic hydroxyl groups excluding tert-OH is 1. The molecule has 0 aliphatic rings. The van der Waals surface area contributed by atoms with E-state index in [1.807, 2.05) is 0 Å². The largest absolute Gasteiger partial charge is 0.423 e. The zero-order valence-corrected chi connectivity index (χ0v) is 11.0. The number of sulfonamides is 1. The molecule has 0 radical (unpaired) electrons. The lowest BCUT2D eigenvalue weighted by molar-refractivity contribution is 0.265. The third-order valence-electron chi connectivity index (χ3n) is 2.53. The highest BCUT2D eigenvalue weighted by Crippen LogP contribution is 2.17. The highest BCUT2D eigenvalue weighted by molar-refractivity contribution is 7.89. The zero-order valence-electron chi connectivity index (χ0n) is 10.2. The summed E-state index contributed by atoms with van der Waals surface area (Å²) in [7, 11) is -3.70. The lowest BCUT2D eigenvalue weighted by Gasteiger charge is -2.11. The quantitative estimate of drug-likeness (QED) is 0.794. The normalized spacial score (nSPS) is 13.6. The van der Waals surface area contributed by atoms with Crippen LogP contribution in [0.2, 0.25) is 0 Å². The van der Waals surface area contributed by atoms with Crippen LogP contribution in [-0.4, -0.2) is 26.2 Å². The molecule has 0 bridgehead atoms. The smallest absolute Gasteiger partial charge is 0.336 e. The van der Waals surface area contributed by atoms with Crippen LogP contribution in [0.25, 0.3) is 11.0 Å². The van der Waals surface area contributed by atoms with Crippen LogP contribution >= 0.6 is 0 Å². The number of hydrogen-bond donors (Lipinski definition) is 2. The monoisotopic (exact) mass is 283 g/mol. The first-order chi connectivity index (χ1) is 8.92. The average Bonchev–Trinajstić information content (AvgIpc) is 2.37. The van der Waals surface area contributed by atoms with E-state index in [1.54, 1.807) is 6.92 Å². The second-order valence-electron chi connectivity index (χ2n) is 4.16. The number of rotatable bonds is 4. The maximum atomic E-state index is 12.0. The minimum atomic E-state index is -3.70. The van der Waals surface area contributed by atoms with Crippen molar-refractivity contribution in [2.45, 2.75) is 17.9 Å².